The van der Waals surface area contributed by atoms with Crippen LogP contribution in [0.4, 0.5) is 0 Å². The predicted octanol–water partition coefficient (Wildman–Crippen LogP) is 2.42. The summed E-state index contributed by atoms with van der Waals surface area (Å²) in [5, 5.41) is 30.6. The van der Waals surface area contributed by atoms with Gasteiger partial charge in [0.15, 0.2) is 0 Å². The average Bonchev–Trinajstić information content (AvgIpc) is 2.72. The zero-order valence-corrected chi connectivity index (χ0v) is 14.3. The maximum atomic E-state index is 8.81. The van der Waals surface area contributed by atoms with Crippen LogP contribution in [0.3, 0.4) is 0 Å². The van der Waals surface area contributed by atoms with Crippen LogP contribution in [-0.4, -0.2) is 48.6 Å². The molecule has 2 aromatic carbocycles. The van der Waals surface area contributed by atoms with Gasteiger partial charge in [-0.2, -0.15) is 20.7 Å². The minimum atomic E-state index is 0.649. The highest BCUT2D eigenvalue weighted by molar-refractivity contribution is 5.80. The van der Waals surface area contributed by atoms with E-state index in [0.717, 1.165) is 37.3 Å². The fourth-order valence-corrected chi connectivity index (χ4v) is 2.50. The van der Waals surface area contributed by atoms with Crippen molar-refractivity contribution in [3.63, 3.8) is 0 Å². The third-order valence-electron chi connectivity index (χ3n) is 4.05. The SMILES string of the molecule is N#Cc1ccc(/C=N\N2CCN(/N=C\c3ccc(C#N)cc3)CC2)cc1. The molecule has 26 heavy (non-hydrogen) atoms. The summed E-state index contributed by atoms with van der Waals surface area (Å²) < 4.78 is 0. The molecule has 6 heteroatoms. The van der Waals surface area contributed by atoms with Gasteiger partial charge < -0.3 is 0 Å². The van der Waals surface area contributed by atoms with Gasteiger partial charge in [0.1, 0.15) is 0 Å². The number of benzene rings is 2. The van der Waals surface area contributed by atoms with Gasteiger partial charge in [-0.05, 0) is 35.4 Å². The molecule has 1 aliphatic heterocycles. The number of hydrogen-bond acceptors (Lipinski definition) is 6. The first-order chi connectivity index (χ1) is 12.8. The monoisotopic (exact) mass is 342 g/mol. The predicted molar refractivity (Wildman–Crippen MR) is 101 cm³/mol. The normalized spacial score (nSPS) is 14.5. The standard InChI is InChI=1S/C20H18N6/c21-13-17-1-5-19(6-2-17)15-23-25-9-11-26(12-10-25)24-16-20-7-3-18(14-22)4-8-20/h1-8,15-16H,9-12H2/b23-15-,24-16-. The smallest absolute Gasteiger partial charge is 0.0991 e. The number of hydrogen-bond donors (Lipinski definition) is 0. The molecule has 0 aliphatic carbocycles. The minimum Gasteiger partial charge on any atom is -0.293 e. The zero-order valence-electron chi connectivity index (χ0n) is 14.3. The molecule has 0 spiro atoms. The van der Waals surface area contributed by atoms with Gasteiger partial charge in [0, 0.05) is 0 Å². The molecule has 1 saturated heterocycles. The van der Waals surface area contributed by atoms with Crippen LogP contribution in [0.15, 0.2) is 58.7 Å². The van der Waals surface area contributed by atoms with Gasteiger partial charge >= 0.3 is 0 Å². The second kappa shape index (κ2) is 8.46. The van der Waals surface area contributed by atoms with Crippen LogP contribution >= 0.6 is 0 Å². The Kier molecular flexibility index (Phi) is 5.59. The Bertz CT molecular complexity index is 785. The minimum absolute atomic E-state index is 0.649. The first-order valence-corrected chi connectivity index (χ1v) is 8.35. The maximum Gasteiger partial charge on any atom is 0.0991 e. The summed E-state index contributed by atoms with van der Waals surface area (Å²) in [6.45, 7) is 3.21. The summed E-state index contributed by atoms with van der Waals surface area (Å²) >= 11 is 0. The van der Waals surface area contributed by atoms with E-state index in [9.17, 15) is 0 Å². The Morgan fingerprint density at radius 3 is 1.31 bits per heavy atom. The quantitative estimate of drug-likeness (QED) is 0.799. The van der Waals surface area contributed by atoms with Crippen molar-refractivity contribution in [2.24, 2.45) is 10.2 Å². The second-order valence-corrected chi connectivity index (χ2v) is 5.86. The molecule has 0 unspecified atom stereocenters. The van der Waals surface area contributed by atoms with Crippen molar-refractivity contribution in [2.75, 3.05) is 26.2 Å². The first-order valence-electron chi connectivity index (χ1n) is 8.35. The van der Waals surface area contributed by atoms with Crippen LogP contribution in [0.5, 0.6) is 0 Å². The Hall–Kier alpha value is -3.64. The molecule has 6 nitrogen and oxygen atoms in total. The van der Waals surface area contributed by atoms with E-state index in [4.69, 9.17) is 10.5 Å². The summed E-state index contributed by atoms with van der Waals surface area (Å²) in [4.78, 5) is 0. The topological polar surface area (TPSA) is 78.8 Å². The lowest BCUT2D eigenvalue weighted by Crippen LogP contribution is -2.41. The van der Waals surface area contributed by atoms with Gasteiger partial charge in [-0.25, -0.2) is 0 Å². The molecule has 0 saturated carbocycles. The highest BCUT2D eigenvalue weighted by atomic mass is 15.5. The molecule has 0 atom stereocenters. The Balaban J connectivity index is 1.49. The second-order valence-electron chi connectivity index (χ2n) is 5.86. The van der Waals surface area contributed by atoms with E-state index in [0.29, 0.717) is 11.1 Å². The number of rotatable bonds is 4. The van der Waals surface area contributed by atoms with Crippen LogP contribution in [0.1, 0.15) is 22.3 Å². The lowest BCUT2D eigenvalue weighted by Gasteiger charge is -2.31. The van der Waals surface area contributed by atoms with E-state index in [2.05, 4.69) is 22.3 Å². The third-order valence-corrected chi connectivity index (χ3v) is 4.05. The maximum absolute atomic E-state index is 8.81. The number of hydrazone groups is 2. The molecule has 3 rings (SSSR count). The zero-order chi connectivity index (χ0) is 18.2. The lowest BCUT2D eigenvalue weighted by molar-refractivity contribution is 0.141. The van der Waals surface area contributed by atoms with E-state index >= 15 is 0 Å². The third kappa shape index (κ3) is 4.68. The summed E-state index contributed by atoms with van der Waals surface area (Å²) in [6.07, 6.45) is 3.63. The average molecular weight is 342 g/mol. The summed E-state index contributed by atoms with van der Waals surface area (Å²) in [6, 6.07) is 18.9. The van der Waals surface area contributed by atoms with Crippen molar-refractivity contribution >= 4 is 12.4 Å². The van der Waals surface area contributed by atoms with E-state index in [1.807, 2.05) is 46.7 Å². The van der Waals surface area contributed by atoms with Crippen molar-refractivity contribution in [1.82, 2.24) is 10.0 Å². The summed E-state index contributed by atoms with van der Waals surface area (Å²) in [5.41, 5.74) is 3.25. The highest BCUT2D eigenvalue weighted by Gasteiger charge is 2.12. The van der Waals surface area contributed by atoms with Crippen molar-refractivity contribution in [3.8, 4) is 12.1 Å². The molecule has 0 amide bonds. The van der Waals surface area contributed by atoms with Gasteiger partial charge in [0.2, 0.25) is 0 Å². The van der Waals surface area contributed by atoms with Gasteiger partial charge in [0.25, 0.3) is 0 Å². The van der Waals surface area contributed by atoms with E-state index in [1.54, 1.807) is 24.3 Å². The van der Waals surface area contributed by atoms with Crippen LogP contribution in [-0.2, 0) is 0 Å². The molecule has 0 bridgehead atoms. The van der Waals surface area contributed by atoms with Gasteiger partial charge in [0.05, 0.1) is 61.9 Å². The fraction of sp³-hybridized carbons (Fsp3) is 0.200. The number of piperazine rings is 1. The van der Waals surface area contributed by atoms with E-state index < -0.39 is 0 Å². The Morgan fingerprint density at radius 1 is 0.654 bits per heavy atom. The van der Waals surface area contributed by atoms with Gasteiger partial charge in [-0.1, -0.05) is 24.3 Å². The van der Waals surface area contributed by atoms with Crippen LogP contribution in [0.2, 0.25) is 0 Å². The number of nitrogens with zero attached hydrogens (tertiary/aromatic N) is 6. The van der Waals surface area contributed by atoms with Crippen LogP contribution in [0, 0.1) is 22.7 Å². The molecule has 1 fully saturated rings. The van der Waals surface area contributed by atoms with Gasteiger partial charge in [-0.15, -0.1) is 0 Å². The Labute approximate surface area is 152 Å². The molecule has 128 valence electrons. The molecular formula is C20H18N6. The van der Waals surface area contributed by atoms with Crippen LogP contribution < -0.4 is 0 Å². The summed E-state index contributed by atoms with van der Waals surface area (Å²) in [5.74, 6) is 0. The molecule has 0 radical (unpaired) electrons. The molecule has 0 aromatic heterocycles. The molecule has 0 N–H and O–H groups in total. The van der Waals surface area contributed by atoms with Crippen molar-refractivity contribution in [3.05, 3.63) is 70.8 Å². The Morgan fingerprint density at radius 2 is 1.00 bits per heavy atom. The molecular weight excluding hydrogens is 324 g/mol. The van der Waals surface area contributed by atoms with Crippen molar-refractivity contribution < 1.29 is 0 Å². The highest BCUT2D eigenvalue weighted by Crippen LogP contribution is 2.06. The molecule has 2 aromatic rings. The van der Waals surface area contributed by atoms with E-state index in [1.165, 1.54) is 0 Å². The largest absolute Gasteiger partial charge is 0.293 e. The fourth-order valence-electron chi connectivity index (χ4n) is 2.50. The lowest BCUT2D eigenvalue weighted by atomic mass is 10.2. The molecule has 1 heterocycles. The van der Waals surface area contributed by atoms with Crippen molar-refractivity contribution in [1.29, 1.82) is 10.5 Å². The van der Waals surface area contributed by atoms with Crippen LogP contribution in [0.25, 0.3) is 0 Å². The first kappa shape index (κ1) is 17.2. The van der Waals surface area contributed by atoms with Crippen molar-refractivity contribution in [2.45, 2.75) is 0 Å². The van der Waals surface area contributed by atoms with E-state index in [-0.39, 0.29) is 0 Å². The summed E-state index contributed by atoms with van der Waals surface area (Å²) in [7, 11) is 0. The number of nitriles is 2. The molecule has 1 aliphatic rings. The van der Waals surface area contributed by atoms with Gasteiger partial charge in [-0.3, -0.25) is 10.0 Å².